The Kier molecular flexibility index (Phi) is 11.0. The molecular formula is C26H33NO7S. The van der Waals surface area contributed by atoms with Gasteiger partial charge in [-0.05, 0) is 36.1 Å². The van der Waals surface area contributed by atoms with E-state index in [9.17, 15) is 14.7 Å². The highest BCUT2D eigenvalue weighted by atomic mass is 32.2. The van der Waals surface area contributed by atoms with E-state index >= 15 is 0 Å². The van der Waals surface area contributed by atoms with Crippen molar-refractivity contribution in [1.29, 1.82) is 0 Å². The van der Waals surface area contributed by atoms with Crippen molar-refractivity contribution in [2.45, 2.75) is 57.2 Å². The number of aliphatic carboxylic acids is 1. The number of aliphatic hydroxyl groups excluding tert-OH is 2. The van der Waals surface area contributed by atoms with Gasteiger partial charge in [-0.15, -0.1) is 0 Å². The number of amides is 1. The summed E-state index contributed by atoms with van der Waals surface area (Å²) in [6, 6.07) is 15.0. The number of anilines is 1. The van der Waals surface area contributed by atoms with Gasteiger partial charge in [0, 0.05) is 42.0 Å². The van der Waals surface area contributed by atoms with Gasteiger partial charge in [0.1, 0.15) is 0 Å². The first kappa shape index (κ1) is 27.2. The molecule has 9 heteroatoms. The number of carbonyl (C=O) groups is 2. The van der Waals surface area contributed by atoms with Crippen LogP contribution in [0.25, 0.3) is 0 Å². The number of nitrogens with one attached hydrogen (secondary N) is 1. The van der Waals surface area contributed by atoms with Crippen LogP contribution in [-0.2, 0) is 25.7 Å². The fourth-order valence-electron chi connectivity index (χ4n) is 3.81. The first-order chi connectivity index (χ1) is 17.0. The normalized spacial score (nSPS) is 19.9. The van der Waals surface area contributed by atoms with Crippen LogP contribution in [0, 0.1) is 0 Å². The number of carboxylic acids is 1. The van der Waals surface area contributed by atoms with Gasteiger partial charge in [0.25, 0.3) is 0 Å². The molecular weight excluding hydrogens is 470 g/mol. The van der Waals surface area contributed by atoms with Gasteiger partial charge in [-0.1, -0.05) is 36.4 Å². The summed E-state index contributed by atoms with van der Waals surface area (Å²) >= 11 is 1.64. The zero-order valence-corrected chi connectivity index (χ0v) is 20.4. The van der Waals surface area contributed by atoms with Crippen molar-refractivity contribution in [1.82, 2.24) is 0 Å². The molecule has 0 bridgehead atoms. The second-order valence-corrected chi connectivity index (χ2v) is 9.57. The highest BCUT2D eigenvalue weighted by molar-refractivity contribution is 7.99. The standard InChI is InChI=1S/C26H33NO7S/c28-13-14-35-17-22-15-23(19-7-5-18(16-29)6-8-19)34-26(33-22)20-9-11-21(12-10-20)27-24(30)3-1-2-4-25(31)32/h5-12,22-23,26,28-29H,1-4,13-17H2,(H,27,30)(H,31,32)/t22-,23+,26+/m1/s1. The molecule has 1 fully saturated rings. The zero-order chi connectivity index (χ0) is 25.0. The van der Waals surface area contributed by atoms with Crippen molar-refractivity contribution in [2.75, 3.05) is 23.4 Å². The summed E-state index contributed by atoms with van der Waals surface area (Å²) in [6.45, 7) is 0.110. The molecule has 3 rings (SSSR count). The average Bonchev–Trinajstić information content (AvgIpc) is 2.87. The minimum atomic E-state index is -0.855. The van der Waals surface area contributed by atoms with Crippen LogP contribution in [0.15, 0.2) is 48.5 Å². The Morgan fingerprint density at radius 1 is 0.943 bits per heavy atom. The number of carboxylic acid groups (broad SMARTS) is 1. The monoisotopic (exact) mass is 503 g/mol. The number of thioether (sulfide) groups is 1. The molecule has 2 aromatic rings. The molecule has 35 heavy (non-hydrogen) atoms. The average molecular weight is 504 g/mol. The van der Waals surface area contributed by atoms with Crippen LogP contribution in [0.4, 0.5) is 5.69 Å². The van der Waals surface area contributed by atoms with Crippen molar-refractivity contribution < 1.29 is 34.4 Å². The van der Waals surface area contributed by atoms with E-state index in [0.717, 1.165) is 22.4 Å². The van der Waals surface area contributed by atoms with E-state index in [1.54, 1.807) is 23.9 Å². The lowest BCUT2D eigenvalue weighted by molar-refractivity contribution is -0.245. The quantitative estimate of drug-likeness (QED) is 0.302. The van der Waals surface area contributed by atoms with Gasteiger partial charge in [0.2, 0.25) is 5.91 Å². The lowest BCUT2D eigenvalue weighted by Gasteiger charge is -2.36. The van der Waals surface area contributed by atoms with E-state index in [2.05, 4.69) is 5.32 Å². The van der Waals surface area contributed by atoms with E-state index in [0.29, 0.717) is 30.7 Å². The van der Waals surface area contributed by atoms with E-state index in [4.69, 9.17) is 19.7 Å². The SMILES string of the molecule is O=C(O)CCCCC(=O)Nc1ccc([C@H]2O[C@@H](CSCCO)C[C@@H](c3ccc(CO)cc3)O2)cc1. The molecule has 8 nitrogen and oxygen atoms in total. The Hall–Kier alpha value is -2.43. The molecule has 0 radical (unpaired) electrons. The van der Waals surface area contributed by atoms with Crippen LogP contribution in [0.5, 0.6) is 0 Å². The molecule has 1 aliphatic heterocycles. The second-order valence-electron chi connectivity index (χ2n) is 8.42. The van der Waals surface area contributed by atoms with Gasteiger partial charge in [-0.25, -0.2) is 0 Å². The van der Waals surface area contributed by atoms with Crippen molar-refractivity contribution in [3.05, 3.63) is 65.2 Å². The van der Waals surface area contributed by atoms with Crippen LogP contribution >= 0.6 is 11.8 Å². The van der Waals surface area contributed by atoms with Crippen LogP contribution in [0.3, 0.4) is 0 Å². The van der Waals surface area contributed by atoms with Gasteiger partial charge in [0.05, 0.1) is 25.4 Å². The summed E-state index contributed by atoms with van der Waals surface area (Å²) in [6.07, 6.45) is 1.21. The van der Waals surface area contributed by atoms with Gasteiger partial charge in [-0.2, -0.15) is 11.8 Å². The number of carbonyl (C=O) groups excluding carboxylic acids is 1. The maximum absolute atomic E-state index is 12.1. The third-order valence-electron chi connectivity index (χ3n) is 5.67. The molecule has 2 aromatic carbocycles. The highest BCUT2D eigenvalue weighted by Crippen LogP contribution is 2.39. The molecule has 0 saturated carbocycles. The lowest BCUT2D eigenvalue weighted by atomic mass is 10.0. The molecule has 0 spiro atoms. The molecule has 190 valence electrons. The predicted octanol–water partition coefficient (Wildman–Crippen LogP) is 4.03. The van der Waals surface area contributed by atoms with Crippen LogP contribution < -0.4 is 5.32 Å². The van der Waals surface area contributed by atoms with E-state index < -0.39 is 12.3 Å². The smallest absolute Gasteiger partial charge is 0.303 e. The largest absolute Gasteiger partial charge is 0.481 e. The first-order valence-electron chi connectivity index (χ1n) is 11.8. The number of benzene rings is 2. The zero-order valence-electron chi connectivity index (χ0n) is 19.6. The molecule has 4 N–H and O–H groups in total. The van der Waals surface area contributed by atoms with Gasteiger partial charge < -0.3 is 30.1 Å². The Bertz CT molecular complexity index is 936. The minimum absolute atomic E-state index is 0.0107. The van der Waals surface area contributed by atoms with E-state index in [1.807, 2.05) is 36.4 Å². The molecule has 0 unspecified atom stereocenters. The molecule has 1 aliphatic rings. The summed E-state index contributed by atoms with van der Waals surface area (Å²) in [5, 5.41) is 29.9. The molecule has 0 aromatic heterocycles. The summed E-state index contributed by atoms with van der Waals surface area (Å²) in [4.78, 5) is 22.7. The number of hydrogen-bond donors (Lipinski definition) is 4. The maximum Gasteiger partial charge on any atom is 0.303 e. The Labute approximate surface area is 209 Å². The van der Waals surface area contributed by atoms with Gasteiger partial charge in [-0.3, -0.25) is 9.59 Å². The molecule has 0 aliphatic carbocycles. The molecule has 1 saturated heterocycles. The second kappa shape index (κ2) is 14.2. The summed E-state index contributed by atoms with van der Waals surface area (Å²) in [7, 11) is 0. The highest BCUT2D eigenvalue weighted by Gasteiger charge is 2.32. The molecule has 1 amide bonds. The van der Waals surface area contributed by atoms with Gasteiger partial charge >= 0.3 is 5.97 Å². The summed E-state index contributed by atoms with van der Waals surface area (Å²) < 4.78 is 12.5. The fourth-order valence-corrected chi connectivity index (χ4v) is 4.58. The minimum Gasteiger partial charge on any atom is -0.481 e. The third-order valence-corrected chi connectivity index (χ3v) is 6.74. The Morgan fingerprint density at radius 2 is 1.63 bits per heavy atom. The van der Waals surface area contributed by atoms with E-state index in [-0.39, 0.29) is 44.2 Å². The molecule has 1 heterocycles. The van der Waals surface area contributed by atoms with Crippen molar-refractivity contribution in [3.63, 3.8) is 0 Å². The summed E-state index contributed by atoms with van der Waals surface area (Å²) in [5.41, 5.74) is 3.34. The summed E-state index contributed by atoms with van der Waals surface area (Å²) in [5.74, 6) is 0.376. The van der Waals surface area contributed by atoms with Crippen LogP contribution in [0.1, 0.15) is 61.2 Å². The Morgan fingerprint density at radius 3 is 2.29 bits per heavy atom. The van der Waals surface area contributed by atoms with Crippen molar-refractivity contribution in [3.8, 4) is 0 Å². The van der Waals surface area contributed by atoms with Crippen LogP contribution in [0.2, 0.25) is 0 Å². The third kappa shape index (κ3) is 8.94. The number of unbranched alkanes of at least 4 members (excludes halogenated alkanes) is 1. The lowest BCUT2D eigenvalue weighted by Crippen LogP contribution is -2.31. The number of rotatable bonds is 13. The van der Waals surface area contributed by atoms with Crippen molar-refractivity contribution >= 4 is 29.3 Å². The van der Waals surface area contributed by atoms with Crippen LogP contribution in [-0.4, -0.2) is 51.4 Å². The number of aliphatic hydroxyl groups is 2. The first-order valence-corrected chi connectivity index (χ1v) is 12.9. The maximum atomic E-state index is 12.1. The Balaban J connectivity index is 1.63. The number of ether oxygens (including phenoxy) is 2. The predicted molar refractivity (Wildman–Crippen MR) is 134 cm³/mol. The van der Waals surface area contributed by atoms with Crippen molar-refractivity contribution in [2.24, 2.45) is 0 Å². The topological polar surface area (TPSA) is 125 Å². The molecule has 3 atom stereocenters. The van der Waals surface area contributed by atoms with E-state index in [1.165, 1.54) is 0 Å². The van der Waals surface area contributed by atoms with Gasteiger partial charge in [0.15, 0.2) is 6.29 Å². The number of hydrogen-bond acceptors (Lipinski definition) is 7. The fraction of sp³-hybridized carbons (Fsp3) is 0.462.